The predicted molar refractivity (Wildman–Crippen MR) is 124 cm³/mol. The molecule has 2 aromatic rings. The quantitative estimate of drug-likeness (QED) is 0.638. The van der Waals surface area contributed by atoms with Crippen molar-refractivity contribution in [2.75, 3.05) is 51.0 Å². The first-order valence-electron chi connectivity index (χ1n) is 11.5. The van der Waals surface area contributed by atoms with Crippen molar-refractivity contribution in [1.82, 2.24) is 10.2 Å². The van der Waals surface area contributed by atoms with Crippen LogP contribution in [-0.2, 0) is 4.79 Å². The van der Waals surface area contributed by atoms with Gasteiger partial charge in [0, 0.05) is 48.0 Å². The highest BCUT2D eigenvalue weighted by atomic mass is 32.1. The summed E-state index contributed by atoms with van der Waals surface area (Å²) in [5.41, 5.74) is 1.36. The summed E-state index contributed by atoms with van der Waals surface area (Å²) in [4.78, 5) is 17.0. The molecule has 1 amide bonds. The van der Waals surface area contributed by atoms with E-state index in [9.17, 15) is 13.6 Å². The van der Waals surface area contributed by atoms with Crippen LogP contribution in [0.4, 0.5) is 14.5 Å². The maximum absolute atomic E-state index is 12.7. The fourth-order valence-electron chi connectivity index (χ4n) is 4.93. The van der Waals surface area contributed by atoms with E-state index in [0.717, 1.165) is 58.4 Å². The van der Waals surface area contributed by atoms with Crippen LogP contribution in [0.1, 0.15) is 32.1 Å². The molecule has 0 bridgehead atoms. The molecule has 4 rings (SSSR count). The van der Waals surface area contributed by atoms with Gasteiger partial charge in [0.2, 0.25) is 5.91 Å². The van der Waals surface area contributed by atoms with Gasteiger partial charge in [-0.3, -0.25) is 18.5 Å². The largest absolute Gasteiger partial charge is 0.368 e. The molecule has 1 saturated carbocycles. The van der Waals surface area contributed by atoms with E-state index in [2.05, 4.69) is 44.8 Å². The number of halogens is 2. The normalized spacial score (nSPS) is 22.9. The standard InChI is InChI=1S/C24H33F2N3OS/c25-16-19(17-26)24(30)27-20-6-4-18(5-7-20)8-10-28-11-13-29(14-12-28)22-2-1-3-23-21(22)9-15-31-23/h1-3,9,15,18-20H,4-8,10-14,16-17H2,(H,27,30)/t18-,20-. The van der Waals surface area contributed by atoms with Gasteiger partial charge in [0.25, 0.3) is 0 Å². The van der Waals surface area contributed by atoms with Gasteiger partial charge in [-0.2, -0.15) is 0 Å². The van der Waals surface area contributed by atoms with Crippen molar-refractivity contribution in [1.29, 1.82) is 0 Å². The Balaban J connectivity index is 1.16. The third kappa shape index (κ3) is 5.55. The number of alkyl halides is 2. The molecule has 1 aliphatic carbocycles. The Morgan fingerprint density at radius 2 is 1.81 bits per heavy atom. The molecule has 1 aromatic carbocycles. The van der Waals surface area contributed by atoms with Crippen LogP contribution in [-0.4, -0.2) is 62.9 Å². The first kappa shape index (κ1) is 22.5. The molecule has 0 radical (unpaired) electrons. The van der Waals surface area contributed by atoms with Crippen LogP contribution in [0.25, 0.3) is 10.1 Å². The van der Waals surface area contributed by atoms with E-state index in [1.54, 1.807) is 11.3 Å². The van der Waals surface area contributed by atoms with Crippen LogP contribution in [0, 0.1) is 11.8 Å². The van der Waals surface area contributed by atoms with Gasteiger partial charge < -0.3 is 10.2 Å². The number of benzene rings is 1. The zero-order valence-electron chi connectivity index (χ0n) is 18.1. The average Bonchev–Trinajstić information content (AvgIpc) is 3.29. The summed E-state index contributed by atoms with van der Waals surface area (Å²) in [5.74, 6) is -0.920. The van der Waals surface area contributed by atoms with Crippen molar-refractivity contribution in [2.24, 2.45) is 11.8 Å². The van der Waals surface area contributed by atoms with Crippen LogP contribution in [0.3, 0.4) is 0 Å². The fraction of sp³-hybridized carbons (Fsp3) is 0.625. The van der Waals surface area contributed by atoms with Gasteiger partial charge in [-0.15, -0.1) is 11.3 Å². The van der Waals surface area contributed by atoms with Crippen molar-refractivity contribution in [3.05, 3.63) is 29.6 Å². The lowest BCUT2D eigenvalue weighted by atomic mass is 9.84. The third-order valence-corrected chi connectivity index (χ3v) is 7.86. The first-order chi connectivity index (χ1) is 15.2. The van der Waals surface area contributed by atoms with Gasteiger partial charge in [0.1, 0.15) is 13.3 Å². The number of nitrogens with zero attached hydrogens (tertiary/aromatic N) is 2. The number of nitrogens with one attached hydrogen (secondary N) is 1. The average molecular weight is 450 g/mol. The molecular formula is C24H33F2N3OS. The molecule has 31 heavy (non-hydrogen) atoms. The van der Waals surface area contributed by atoms with Gasteiger partial charge in [-0.05, 0) is 68.1 Å². The van der Waals surface area contributed by atoms with E-state index >= 15 is 0 Å². The molecule has 0 atom stereocenters. The van der Waals surface area contributed by atoms with Crippen molar-refractivity contribution in [3.63, 3.8) is 0 Å². The third-order valence-electron chi connectivity index (χ3n) is 6.98. The molecule has 2 aliphatic rings. The van der Waals surface area contributed by atoms with Crippen molar-refractivity contribution < 1.29 is 13.6 Å². The second-order valence-corrected chi connectivity index (χ2v) is 9.91. The molecule has 4 nitrogen and oxygen atoms in total. The van der Waals surface area contributed by atoms with Crippen LogP contribution in [0.5, 0.6) is 0 Å². The number of carbonyl (C=O) groups is 1. The van der Waals surface area contributed by atoms with Crippen molar-refractivity contribution in [3.8, 4) is 0 Å². The Kier molecular flexibility index (Phi) is 7.77. The van der Waals surface area contributed by atoms with E-state index in [0.29, 0.717) is 5.92 Å². The monoisotopic (exact) mass is 449 g/mol. The van der Waals surface area contributed by atoms with Gasteiger partial charge in [0.15, 0.2) is 0 Å². The SMILES string of the molecule is O=C(N[C@H]1CC[C@H](CCN2CCN(c3cccc4sccc34)CC2)CC1)C(CF)CF. The minimum Gasteiger partial charge on any atom is -0.368 e. The summed E-state index contributed by atoms with van der Waals surface area (Å²) in [6.45, 7) is 3.61. The molecule has 1 aliphatic heterocycles. The van der Waals surface area contributed by atoms with E-state index < -0.39 is 25.2 Å². The summed E-state index contributed by atoms with van der Waals surface area (Å²) < 4.78 is 26.7. The number of thiophene rings is 1. The fourth-order valence-corrected chi connectivity index (χ4v) is 5.73. The Hall–Kier alpha value is -1.73. The number of carbonyl (C=O) groups excluding carboxylic acids is 1. The predicted octanol–water partition coefficient (Wildman–Crippen LogP) is 4.64. The lowest BCUT2D eigenvalue weighted by Crippen LogP contribution is -2.47. The number of hydrogen-bond acceptors (Lipinski definition) is 4. The topological polar surface area (TPSA) is 35.6 Å². The number of anilines is 1. The van der Waals surface area contributed by atoms with Crippen molar-refractivity contribution in [2.45, 2.75) is 38.1 Å². The number of fused-ring (bicyclic) bond motifs is 1. The van der Waals surface area contributed by atoms with Crippen LogP contribution < -0.4 is 10.2 Å². The number of hydrogen-bond donors (Lipinski definition) is 1. The smallest absolute Gasteiger partial charge is 0.228 e. The maximum atomic E-state index is 12.7. The lowest BCUT2D eigenvalue weighted by molar-refractivity contribution is -0.127. The molecule has 1 N–H and O–H groups in total. The Bertz CT molecular complexity index is 840. The van der Waals surface area contributed by atoms with Gasteiger partial charge in [0.05, 0.1) is 5.92 Å². The highest BCUT2D eigenvalue weighted by Gasteiger charge is 2.26. The summed E-state index contributed by atoms with van der Waals surface area (Å²) in [5, 5.41) is 6.38. The van der Waals surface area contributed by atoms with Gasteiger partial charge in [-0.1, -0.05) is 6.07 Å². The molecule has 7 heteroatoms. The van der Waals surface area contributed by atoms with Gasteiger partial charge >= 0.3 is 0 Å². The second-order valence-electron chi connectivity index (χ2n) is 8.96. The first-order valence-corrected chi connectivity index (χ1v) is 12.4. The second kappa shape index (κ2) is 10.7. The van der Waals surface area contributed by atoms with E-state index in [4.69, 9.17) is 0 Å². The number of rotatable bonds is 8. The highest BCUT2D eigenvalue weighted by molar-refractivity contribution is 7.17. The lowest BCUT2D eigenvalue weighted by Gasteiger charge is -2.37. The van der Waals surface area contributed by atoms with E-state index in [1.165, 1.54) is 22.2 Å². The Labute approximate surface area is 187 Å². The molecule has 0 spiro atoms. The molecule has 2 heterocycles. The Morgan fingerprint density at radius 3 is 2.52 bits per heavy atom. The molecular weight excluding hydrogens is 416 g/mol. The van der Waals surface area contributed by atoms with Gasteiger partial charge in [-0.25, -0.2) is 0 Å². The summed E-state index contributed by atoms with van der Waals surface area (Å²) >= 11 is 1.80. The minimum absolute atomic E-state index is 0.0766. The molecule has 1 aromatic heterocycles. The zero-order valence-corrected chi connectivity index (χ0v) is 18.9. The highest BCUT2D eigenvalue weighted by Crippen LogP contribution is 2.31. The minimum atomic E-state index is -1.14. The summed E-state index contributed by atoms with van der Waals surface area (Å²) in [7, 11) is 0. The summed E-state index contributed by atoms with van der Waals surface area (Å²) in [6.07, 6.45) is 5.20. The van der Waals surface area contributed by atoms with E-state index in [-0.39, 0.29) is 6.04 Å². The molecule has 0 unspecified atom stereocenters. The maximum Gasteiger partial charge on any atom is 0.228 e. The van der Waals surface area contributed by atoms with Crippen LogP contribution in [0.15, 0.2) is 29.6 Å². The number of amides is 1. The van der Waals surface area contributed by atoms with Crippen molar-refractivity contribution >= 4 is 33.0 Å². The molecule has 2 fully saturated rings. The van der Waals surface area contributed by atoms with Crippen LogP contribution >= 0.6 is 11.3 Å². The van der Waals surface area contributed by atoms with E-state index in [1.807, 2.05) is 0 Å². The Morgan fingerprint density at radius 1 is 1.06 bits per heavy atom. The van der Waals surface area contributed by atoms with Crippen LogP contribution in [0.2, 0.25) is 0 Å². The summed E-state index contributed by atoms with van der Waals surface area (Å²) in [6, 6.07) is 8.91. The zero-order chi connectivity index (χ0) is 21.6. The molecule has 170 valence electrons. The number of piperazine rings is 1. The molecule has 1 saturated heterocycles.